The van der Waals surface area contributed by atoms with Crippen molar-refractivity contribution in [1.29, 1.82) is 0 Å². The first-order chi connectivity index (χ1) is 11.0. The molecule has 0 aliphatic carbocycles. The van der Waals surface area contributed by atoms with E-state index in [1.807, 2.05) is 11.8 Å². The van der Waals surface area contributed by atoms with E-state index in [0.717, 1.165) is 58.1 Å². The second kappa shape index (κ2) is 6.97. The molecule has 0 unspecified atom stereocenters. The molecule has 1 amide bonds. The first-order valence-corrected chi connectivity index (χ1v) is 8.54. The number of aromatic nitrogens is 2. The predicted octanol–water partition coefficient (Wildman–Crippen LogP) is 0.753. The van der Waals surface area contributed by atoms with Gasteiger partial charge in [0.2, 0.25) is 11.8 Å². The fourth-order valence-corrected chi connectivity index (χ4v) is 3.84. The lowest BCUT2D eigenvalue weighted by atomic mass is 10.0. The van der Waals surface area contributed by atoms with Gasteiger partial charge in [-0.15, -0.1) is 0 Å². The standard InChI is InChI=1S/C16H27N5O2/c1-12-9-19(11-16-17-13(2)23-18-16)10-15(12)21-6-4-5-20(7-8-21)14(3)22/h12,15H,4-11H2,1-3H3/t12-,15+/m1/s1. The Kier molecular flexibility index (Phi) is 4.96. The fraction of sp³-hybridized carbons (Fsp3) is 0.812. The second-order valence-corrected chi connectivity index (χ2v) is 6.86. The summed E-state index contributed by atoms with van der Waals surface area (Å²) in [7, 11) is 0. The van der Waals surface area contributed by atoms with Crippen molar-refractivity contribution in [3.8, 4) is 0 Å². The van der Waals surface area contributed by atoms with Crippen molar-refractivity contribution in [3.05, 3.63) is 11.7 Å². The van der Waals surface area contributed by atoms with Crippen molar-refractivity contribution in [2.45, 2.75) is 39.8 Å². The Balaban J connectivity index is 1.57. The molecule has 2 saturated heterocycles. The lowest BCUT2D eigenvalue weighted by Gasteiger charge is -2.30. The summed E-state index contributed by atoms with van der Waals surface area (Å²) in [5, 5.41) is 4.00. The van der Waals surface area contributed by atoms with Crippen LogP contribution in [0.25, 0.3) is 0 Å². The summed E-state index contributed by atoms with van der Waals surface area (Å²) in [4.78, 5) is 22.8. The quantitative estimate of drug-likeness (QED) is 0.819. The largest absolute Gasteiger partial charge is 0.342 e. The van der Waals surface area contributed by atoms with E-state index in [1.165, 1.54) is 0 Å². The van der Waals surface area contributed by atoms with Gasteiger partial charge in [-0.05, 0) is 12.3 Å². The van der Waals surface area contributed by atoms with Gasteiger partial charge in [-0.25, -0.2) is 0 Å². The SMILES string of the molecule is CC(=O)N1CCCN([C@H]2CN(Cc3noc(C)n3)C[C@H]2C)CC1. The third kappa shape index (κ3) is 3.90. The van der Waals surface area contributed by atoms with Crippen LogP contribution in [0.5, 0.6) is 0 Å². The predicted molar refractivity (Wildman–Crippen MR) is 85.7 cm³/mol. The molecule has 0 radical (unpaired) electrons. The van der Waals surface area contributed by atoms with Crippen LogP contribution < -0.4 is 0 Å². The Morgan fingerprint density at radius 1 is 1.26 bits per heavy atom. The molecule has 0 aromatic carbocycles. The van der Waals surface area contributed by atoms with Gasteiger partial charge in [-0.3, -0.25) is 14.6 Å². The molecule has 3 rings (SSSR count). The number of aryl methyl sites for hydroxylation is 1. The summed E-state index contributed by atoms with van der Waals surface area (Å²) in [5.41, 5.74) is 0. The number of rotatable bonds is 3. The zero-order valence-electron chi connectivity index (χ0n) is 14.4. The molecule has 7 heteroatoms. The maximum absolute atomic E-state index is 11.6. The van der Waals surface area contributed by atoms with Crippen LogP contribution in [0.3, 0.4) is 0 Å². The molecule has 3 heterocycles. The number of hydrogen-bond acceptors (Lipinski definition) is 6. The third-order valence-electron chi connectivity index (χ3n) is 5.03. The van der Waals surface area contributed by atoms with Gasteiger partial charge in [0.05, 0.1) is 6.54 Å². The van der Waals surface area contributed by atoms with Gasteiger partial charge >= 0.3 is 0 Å². The number of carbonyl (C=O) groups excluding carboxylic acids is 1. The molecule has 2 atom stereocenters. The van der Waals surface area contributed by atoms with Gasteiger partial charge in [0.25, 0.3) is 0 Å². The molecule has 0 saturated carbocycles. The van der Waals surface area contributed by atoms with Gasteiger partial charge in [-0.1, -0.05) is 12.1 Å². The fourth-order valence-electron chi connectivity index (χ4n) is 3.84. The molecule has 23 heavy (non-hydrogen) atoms. The minimum Gasteiger partial charge on any atom is -0.342 e. The van der Waals surface area contributed by atoms with Crippen molar-refractivity contribution in [2.75, 3.05) is 39.3 Å². The zero-order valence-corrected chi connectivity index (χ0v) is 14.4. The average Bonchev–Trinajstić information content (AvgIpc) is 2.96. The third-order valence-corrected chi connectivity index (χ3v) is 5.03. The molecule has 0 spiro atoms. The Morgan fingerprint density at radius 2 is 2.09 bits per heavy atom. The van der Waals surface area contributed by atoms with E-state index in [2.05, 4.69) is 26.9 Å². The highest BCUT2D eigenvalue weighted by Gasteiger charge is 2.35. The molecule has 2 aliphatic heterocycles. The maximum atomic E-state index is 11.6. The molecule has 2 fully saturated rings. The van der Waals surface area contributed by atoms with Crippen LogP contribution in [0.15, 0.2) is 4.52 Å². The van der Waals surface area contributed by atoms with Crippen LogP contribution in [-0.2, 0) is 11.3 Å². The summed E-state index contributed by atoms with van der Waals surface area (Å²) < 4.78 is 5.06. The molecule has 0 bridgehead atoms. The molecule has 7 nitrogen and oxygen atoms in total. The Labute approximate surface area is 137 Å². The van der Waals surface area contributed by atoms with E-state index >= 15 is 0 Å². The van der Waals surface area contributed by atoms with E-state index in [9.17, 15) is 4.79 Å². The van der Waals surface area contributed by atoms with E-state index in [-0.39, 0.29) is 5.91 Å². The van der Waals surface area contributed by atoms with Crippen LogP contribution in [0.2, 0.25) is 0 Å². The van der Waals surface area contributed by atoms with Crippen molar-refractivity contribution < 1.29 is 9.32 Å². The average molecular weight is 321 g/mol. The Bertz CT molecular complexity index is 546. The van der Waals surface area contributed by atoms with Crippen LogP contribution in [0.4, 0.5) is 0 Å². The van der Waals surface area contributed by atoms with E-state index in [4.69, 9.17) is 4.52 Å². The first-order valence-electron chi connectivity index (χ1n) is 8.54. The Morgan fingerprint density at radius 3 is 2.78 bits per heavy atom. The van der Waals surface area contributed by atoms with Gasteiger partial charge < -0.3 is 9.42 Å². The minimum absolute atomic E-state index is 0.195. The lowest BCUT2D eigenvalue weighted by molar-refractivity contribution is -0.128. The van der Waals surface area contributed by atoms with Gasteiger partial charge in [0, 0.05) is 59.2 Å². The number of carbonyl (C=O) groups is 1. The smallest absolute Gasteiger partial charge is 0.223 e. The normalized spacial score (nSPS) is 27.3. The van der Waals surface area contributed by atoms with Crippen molar-refractivity contribution in [3.63, 3.8) is 0 Å². The van der Waals surface area contributed by atoms with E-state index < -0.39 is 0 Å². The molecule has 2 aliphatic rings. The minimum atomic E-state index is 0.195. The maximum Gasteiger partial charge on any atom is 0.223 e. The number of nitrogens with zero attached hydrogens (tertiary/aromatic N) is 5. The highest BCUT2D eigenvalue weighted by Crippen LogP contribution is 2.24. The number of likely N-dealkylation sites (tertiary alicyclic amines) is 1. The Hall–Kier alpha value is -1.47. The summed E-state index contributed by atoms with van der Waals surface area (Å²) in [6, 6.07) is 0.551. The van der Waals surface area contributed by atoms with Crippen molar-refractivity contribution in [2.24, 2.45) is 5.92 Å². The van der Waals surface area contributed by atoms with Crippen molar-refractivity contribution in [1.82, 2.24) is 24.8 Å². The van der Waals surface area contributed by atoms with Crippen LogP contribution in [0, 0.1) is 12.8 Å². The van der Waals surface area contributed by atoms with E-state index in [1.54, 1.807) is 6.92 Å². The van der Waals surface area contributed by atoms with Crippen LogP contribution in [0.1, 0.15) is 32.0 Å². The highest BCUT2D eigenvalue weighted by molar-refractivity contribution is 5.73. The zero-order chi connectivity index (χ0) is 16.4. The topological polar surface area (TPSA) is 65.7 Å². The summed E-state index contributed by atoms with van der Waals surface area (Å²) >= 11 is 0. The van der Waals surface area contributed by atoms with Gasteiger partial charge in [0.15, 0.2) is 5.82 Å². The molecular formula is C16H27N5O2. The molecule has 1 aromatic heterocycles. The first kappa shape index (κ1) is 16.4. The van der Waals surface area contributed by atoms with Gasteiger partial charge in [-0.2, -0.15) is 4.98 Å². The molecule has 0 N–H and O–H groups in total. The van der Waals surface area contributed by atoms with Crippen LogP contribution >= 0.6 is 0 Å². The number of amides is 1. The summed E-state index contributed by atoms with van der Waals surface area (Å²) in [5.74, 6) is 2.21. The molecule has 1 aromatic rings. The lowest BCUT2D eigenvalue weighted by Crippen LogP contribution is -2.43. The monoisotopic (exact) mass is 321 g/mol. The number of hydrogen-bond donors (Lipinski definition) is 0. The molecule has 128 valence electrons. The van der Waals surface area contributed by atoms with Crippen molar-refractivity contribution >= 4 is 5.91 Å². The summed E-state index contributed by atoms with van der Waals surface area (Å²) in [6.45, 7) is 12.5. The van der Waals surface area contributed by atoms with E-state index in [0.29, 0.717) is 17.9 Å². The van der Waals surface area contributed by atoms with Crippen LogP contribution in [-0.4, -0.2) is 76.1 Å². The van der Waals surface area contributed by atoms with Gasteiger partial charge in [0.1, 0.15) is 0 Å². The highest BCUT2D eigenvalue weighted by atomic mass is 16.5. The summed E-state index contributed by atoms with van der Waals surface area (Å²) in [6.07, 6.45) is 1.06. The molecular weight excluding hydrogens is 294 g/mol. The second-order valence-electron chi connectivity index (χ2n) is 6.86.